The van der Waals surface area contributed by atoms with E-state index in [4.69, 9.17) is 5.73 Å². The second kappa shape index (κ2) is 5.26. The lowest BCUT2D eigenvalue weighted by Crippen LogP contribution is -2.61. The molecule has 3 nitrogen and oxygen atoms in total. The Labute approximate surface area is 128 Å². The van der Waals surface area contributed by atoms with Gasteiger partial charge in [-0.1, -0.05) is 19.3 Å². The molecule has 118 valence electrons. The fourth-order valence-electron chi connectivity index (χ4n) is 6.28. The molecule has 5 fully saturated rings. The molecule has 4 bridgehead atoms. The topological polar surface area (TPSA) is 55.1 Å². The third-order valence-electron chi connectivity index (χ3n) is 6.83. The summed E-state index contributed by atoms with van der Waals surface area (Å²) in [4.78, 5) is 12.9. The van der Waals surface area contributed by atoms with Gasteiger partial charge in [0.2, 0.25) is 5.91 Å². The first-order valence-electron chi connectivity index (χ1n) is 9.21. The van der Waals surface area contributed by atoms with Crippen molar-refractivity contribution in [3.63, 3.8) is 0 Å². The molecular formula is C18H30N2O. The van der Waals surface area contributed by atoms with Gasteiger partial charge in [0, 0.05) is 11.6 Å². The van der Waals surface area contributed by atoms with Gasteiger partial charge in [-0.3, -0.25) is 4.79 Å². The van der Waals surface area contributed by atoms with E-state index < -0.39 is 0 Å². The summed E-state index contributed by atoms with van der Waals surface area (Å²) in [6.07, 6.45) is 13.7. The van der Waals surface area contributed by atoms with E-state index in [-0.39, 0.29) is 23.4 Å². The summed E-state index contributed by atoms with van der Waals surface area (Å²) in [6, 6.07) is 0.0846. The molecule has 2 atom stereocenters. The summed E-state index contributed by atoms with van der Waals surface area (Å²) in [5.41, 5.74) is 6.44. The number of hydrogen-bond acceptors (Lipinski definition) is 2. The van der Waals surface area contributed by atoms with Crippen LogP contribution in [0.1, 0.15) is 70.6 Å². The Hall–Kier alpha value is -0.570. The second-order valence-corrected chi connectivity index (χ2v) is 8.60. The zero-order valence-corrected chi connectivity index (χ0v) is 13.2. The Kier molecular flexibility index (Phi) is 3.52. The molecule has 2 unspecified atom stereocenters. The van der Waals surface area contributed by atoms with Crippen LogP contribution in [0.4, 0.5) is 0 Å². The quantitative estimate of drug-likeness (QED) is 0.768. The molecule has 5 rings (SSSR count). The van der Waals surface area contributed by atoms with Crippen molar-refractivity contribution < 1.29 is 4.79 Å². The van der Waals surface area contributed by atoms with Gasteiger partial charge < -0.3 is 11.1 Å². The molecule has 0 aromatic heterocycles. The number of carbonyl (C=O) groups excluding carboxylic acids is 1. The van der Waals surface area contributed by atoms with Crippen molar-refractivity contribution in [1.29, 1.82) is 0 Å². The van der Waals surface area contributed by atoms with Crippen molar-refractivity contribution in [1.82, 2.24) is 5.32 Å². The first-order valence-corrected chi connectivity index (χ1v) is 9.21. The highest BCUT2D eigenvalue weighted by atomic mass is 16.2. The van der Waals surface area contributed by atoms with Crippen LogP contribution < -0.4 is 11.1 Å². The minimum Gasteiger partial charge on any atom is -0.350 e. The average Bonchev–Trinajstić information content (AvgIpc) is 2.61. The Morgan fingerprint density at radius 2 is 1.48 bits per heavy atom. The van der Waals surface area contributed by atoms with Crippen molar-refractivity contribution in [2.45, 2.75) is 82.2 Å². The minimum atomic E-state index is 0.0699. The largest absolute Gasteiger partial charge is 0.350 e. The van der Waals surface area contributed by atoms with Crippen molar-refractivity contribution in [3.8, 4) is 0 Å². The fourth-order valence-corrected chi connectivity index (χ4v) is 6.28. The first kappa shape index (κ1) is 14.0. The Balaban J connectivity index is 1.46. The van der Waals surface area contributed by atoms with Crippen LogP contribution in [0.25, 0.3) is 0 Å². The van der Waals surface area contributed by atoms with Crippen molar-refractivity contribution in [2.75, 3.05) is 0 Å². The van der Waals surface area contributed by atoms with Gasteiger partial charge in [-0.15, -0.1) is 0 Å². The maximum atomic E-state index is 12.9. The molecular weight excluding hydrogens is 260 g/mol. The molecule has 0 radical (unpaired) electrons. The van der Waals surface area contributed by atoms with Gasteiger partial charge >= 0.3 is 0 Å². The Bertz CT molecular complexity index is 384. The summed E-state index contributed by atoms with van der Waals surface area (Å²) < 4.78 is 0. The van der Waals surface area contributed by atoms with Gasteiger partial charge in [-0.25, -0.2) is 0 Å². The smallest absolute Gasteiger partial charge is 0.225 e. The lowest BCUT2D eigenvalue weighted by atomic mass is 9.53. The van der Waals surface area contributed by atoms with Crippen LogP contribution in [-0.2, 0) is 4.79 Å². The second-order valence-electron chi connectivity index (χ2n) is 8.60. The van der Waals surface area contributed by atoms with E-state index in [0.29, 0.717) is 0 Å². The molecule has 3 N–H and O–H groups in total. The predicted octanol–water partition coefficient (Wildman–Crippen LogP) is 2.98. The molecule has 0 aromatic rings. The van der Waals surface area contributed by atoms with Gasteiger partial charge in [-0.05, 0) is 69.1 Å². The average molecular weight is 290 g/mol. The standard InChI is InChI=1S/C18H30N2O/c19-16-5-3-1-2-4-15(16)17(21)20-18-9-12-6-13(10-18)8-14(7-12)11-18/h12-16H,1-11,19H2,(H,20,21). The van der Waals surface area contributed by atoms with Crippen LogP contribution in [-0.4, -0.2) is 17.5 Å². The number of nitrogens with two attached hydrogens (primary N) is 1. The molecule has 1 amide bonds. The molecule has 0 aliphatic heterocycles. The van der Waals surface area contributed by atoms with Crippen LogP contribution >= 0.6 is 0 Å². The van der Waals surface area contributed by atoms with E-state index in [1.54, 1.807) is 0 Å². The molecule has 5 aliphatic rings. The molecule has 3 heteroatoms. The van der Waals surface area contributed by atoms with Crippen molar-refractivity contribution in [2.24, 2.45) is 29.4 Å². The van der Waals surface area contributed by atoms with E-state index in [0.717, 1.165) is 30.6 Å². The van der Waals surface area contributed by atoms with Gasteiger partial charge in [0.05, 0.1) is 5.92 Å². The third kappa shape index (κ3) is 2.62. The summed E-state index contributed by atoms with van der Waals surface area (Å²) in [5.74, 6) is 3.02. The third-order valence-corrected chi connectivity index (χ3v) is 6.83. The highest BCUT2D eigenvalue weighted by molar-refractivity contribution is 5.80. The Morgan fingerprint density at radius 1 is 0.905 bits per heavy atom. The van der Waals surface area contributed by atoms with Gasteiger partial charge in [0.1, 0.15) is 0 Å². The molecule has 5 aliphatic carbocycles. The summed E-state index contributed by atoms with van der Waals surface area (Å²) in [5, 5.41) is 3.53. The van der Waals surface area contributed by atoms with E-state index in [9.17, 15) is 4.79 Å². The monoisotopic (exact) mass is 290 g/mol. The SMILES string of the molecule is NC1CCCCCC1C(=O)NC12CC3CC(CC(C3)C1)C2. The normalized spacial score (nSPS) is 48.9. The lowest BCUT2D eigenvalue weighted by molar-refractivity contribution is -0.131. The number of nitrogens with one attached hydrogen (secondary N) is 1. The number of amides is 1. The van der Waals surface area contributed by atoms with Crippen LogP contribution in [0, 0.1) is 23.7 Å². The van der Waals surface area contributed by atoms with Crippen molar-refractivity contribution >= 4 is 5.91 Å². The fraction of sp³-hybridized carbons (Fsp3) is 0.944. The highest BCUT2D eigenvalue weighted by Crippen LogP contribution is 2.55. The first-order chi connectivity index (χ1) is 10.1. The van der Waals surface area contributed by atoms with E-state index in [1.807, 2.05) is 0 Å². The molecule has 0 heterocycles. The molecule has 0 spiro atoms. The number of hydrogen-bond donors (Lipinski definition) is 2. The molecule has 0 aromatic carbocycles. The zero-order chi connectivity index (χ0) is 14.4. The van der Waals surface area contributed by atoms with E-state index in [2.05, 4.69) is 5.32 Å². The van der Waals surface area contributed by atoms with Crippen LogP contribution in [0.3, 0.4) is 0 Å². The van der Waals surface area contributed by atoms with Gasteiger partial charge in [0.15, 0.2) is 0 Å². The highest BCUT2D eigenvalue weighted by Gasteiger charge is 2.52. The summed E-state index contributed by atoms with van der Waals surface area (Å²) in [6.45, 7) is 0. The molecule has 0 saturated heterocycles. The number of rotatable bonds is 2. The zero-order valence-electron chi connectivity index (χ0n) is 13.2. The van der Waals surface area contributed by atoms with Crippen LogP contribution in [0.15, 0.2) is 0 Å². The molecule has 5 saturated carbocycles. The van der Waals surface area contributed by atoms with Gasteiger partial charge in [0.25, 0.3) is 0 Å². The predicted molar refractivity (Wildman–Crippen MR) is 83.6 cm³/mol. The van der Waals surface area contributed by atoms with Crippen molar-refractivity contribution in [3.05, 3.63) is 0 Å². The van der Waals surface area contributed by atoms with E-state index >= 15 is 0 Å². The molecule has 21 heavy (non-hydrogen) atoms. The summed E-state index contributed by atoms with van der Waals surface area (Å²) >= 11 is 0. The lowest BCUT2D eigenvalue weighted by Gasteiger charge is -2.57. The minimum absolute atomic E-state index is 0.0699. The maximum Gasteiger partial charge on any atom is 0.225 e. The Morgan fingerprint density at radius 3 is 2.10 bits per heavy atom. The van der Waals surface area contributed by atoms with Gasteiger partial charge in [-0.2, -0.15) is 0 Å². The van der Waals surface area contributed by atoms with Crippen LogP contribution in [0.2, 0.25) is 0 Å². The summed E-state index contributed by atoms with van der Waals surface area (Å²) in [7, 11) is 0. The number of carbonyl (C=O) groups is 1. The van der Waals surface area contributed by atoms with Crippen LogP contribution in [0.5, 0.6) is 0 Å². The maximum absolute atomic E-state index is 12.9. The van der Waals surface area contributed by atoms with E-state index in [1.165, 1.54) is 57.8 Å².